The van der Waals surface area contributed by atoms with Crippen molar-refractivity contribution in [1.29, 1.82) is 0 Å². The van der Waals surface area contributed by atoms with Crippen molar-refractivity contribution >= 4 is 5.91 Å². The number of hydrogen-bond donors (Lipinski definition) is 0. The third-order valence-electron chi connectivity index (χ3n) is 4.41. The molecule has 0 radical (unpaired) electrons. The molecule has 0 atom stereocenters. The zero-order valence-electron chi connectivity index (χ0n) is 14.4. The maximum absolute atomic E-state index is 11.8. The van der Waals surface area contributed by atoms with Crippen LogP contribution in [-0.2, 0) is 14.7 Å². The molecule has 0 bridgehead atoms. The Bertz CT molecular complexity index is 354. The van der Waals surface area contributed by atoms with Crippen LogP contribution in [0.1, 0.15) is 65.2 Å². The summed E-state index contributed by atoms with van der Waals surface area (Å²) in [6.45, 7) is 5.55. The number of hydrogen-bond acceptors (Lipinski definition) is 5. The Morgan fingerprint density at radius 3 is 2.48 bits per heavy atom. The van der Waals surface area contributed by atoms with E-state index in [2.05, 4.69) is 23.7 Å². The van der Waals surface area contributed by atoms with Crippen LogP contribution in [0.3, 0.4) is 0 Å². The molecule has 0 unspecified atom stereocenters. The fourth-order valence-corrected chi connectivity index (χ4v) is 3.02. The molecule has 1 amide bonds. The quantitative estimate of drug-likeness (QED) is 0.251. The highest BCUT2D eigenvalue weighted by molar-refractivity contribution is 5.77. The van der Waals surface area contributed by atoms with Crippen LogP contribution in [0.2, 0.25) is 0 Å². The second-order valence-corrected chi connectivity index (χ2v) is 6.77. The van der Waals surface area contributed by atoms with Gasteiger partial charge in [0.25, 0.3) is 5.91 Å². The molecule has 7 nitrogen and oxygen atoms in total. The number of amides is 1. The van der Waals surface area contributed by atoms with Crippen LogP contribution in [0.5, 0.6) is 0 Å². The summed E-state index contributed by atoms with van der Waals surface area (Å²) in [4.78, 5) is 31.4. The molecule has 0 aliphatic carbocycles. The van der Waals surface area contributed by atoms with Crippen LogP contribution >= 0.6 is 0 Å². The highest BCUT2D eigenvalue weighted by Crippen LogP contribution is 2.23. The first-order valence-corrected chi connectivity index (χ1v) is 8.70. The van der Waals surface area contributed by atoms with E-state index in [1.165, 1.54) is 38.5 Å². The number of likely N-dealkylation sites (tertiary alicyclic amines) is 1. The standard InChI is InChI=1S/C16H30N2O5/c1-14(2)7-5-3-4-6-8-15-9-11-17(12-10-15)16(19)13-22-23-18(20)21/h14-15H,3-13H2,1-2H3. The number of nitrogens with zero attached hydrogens (tertiary/aromatic N) is 2. The van der Waals surface area contributed by atoms with Crippen molar-refractivity contribution < 1.29 is 19.8 Å². The van der Waals surface area contributed by atoms with Gasteiger partial charge in [-0.2, -0.15) is 4.89 Å². The van der Waals surface area contributed by atoms with Crippen molar-refractivity contribution in [1.82, 2.24) is 4.90 Å². The Balaban J connectivity index is 2.04. The molecule has 1 fully saturated rings. The van der Waals surface area contributed by atoms with E-state index in [0.29, 0.717) is 19.0 Å². The zero-order valence-corrected chi connectivity index (χ0v) is 14.4. The van der Waals surface area contributed by atoms with Gasteiger partial charge in [0.05, 0.1) is 0 Å². The summed E-state index contributed by atoms with van der Waals surface area (Å²) < 4.78 is 0. The van der Waals surface area contributed by atoms with Gasteiger partial charge in [-0.25, -0.2) is 0 Å². The topological polar surface area (TPSA) is 81.9 Å². The molecule has 134 valence electrons. The average Bonchev–Trinajstić information content (AvgIpc) is 2.50. The van der Waals surface area contributed by atoms with Crippen LogP contribution in [0, 0.1) is 22.0 Å². The van der Waals surface area contributed by atoms with E-state index in [4.69, 9.17) is 0 Å². The van der Waals surface area contributed by atoms with Gasteiger partial charge >= 0.3 is 5.09 Å². The molecular weight excluding hydrogens is 300 g/mol. The molecule has 23 heavy (non-hydrogen) atoms. The summed E-state index contributed by atoms with van der Waals surface area (Å²) in [5.41, 5.74) is 0. The predicted molar refractivity (Wildman–Crippen MR) is 85.9 cm³/mol. The molecule has 1 aliphatic rings. The van der Waals surface area contributed by atoms with Crippen LogP contribution in [0.25, 0.3) is 0 Å². The molecule has 0 aromatic heterocycles. The maximum Gasteiger partial charge on any atom is 0.322 e. The highest BCUT2D eigenvalue weighted by atomic mass is 17.3. The van der Waals surface area contributed by atoms with E-state index < -0.39 is 11.7 Å². The Morgan fingerprint density at radius 1 is 1.22 bits per heavy atom. The lowest BCUT2D eigenvalue weighted by molar-refractivity contribution is -0.849. The minimum Gasteiger partial charge on any atom is -0.341 e. The molecule has 1 heterocycles. The van der Waals surface area contributed by atoms with Crippen molar-refractivity contribution in [2.24, 2.45) is 11.8 Å². The monoisotopic (exact) mass is 330 g/mol. The SMILES string of the molecule is CC(C)CCCCCCC1CCN(C(=O)COO[N+](=O)[O-])CC1. The normalized spacial score (nSPS) is 15.9. The Morgan fingerprint density at radius 2 is 1.87 bits per heavy atom. The van der Waals surface area contributed by atoms with Gasteiger partial charge in [-0.05, 0) is 24.7 Å². The number of carbonyl (C=O) groups is 1. The van der Waals surface area contributed by atoms with Crippen LogP contribution < -0.4 is 0 Å². The molecule has 0 aromatic rings. The van der Waals surface area contributed by atoms with E-state index in [9.17, 15) is 14.9 Å². The molecule has 0 N–H and O–H groups in total. The highest BCUT2D eigenvalue weighted by Gasteiger charge is 2.22. The minimum absolute atomic E-state index is 0.251. The number of unbranched alkanes of at least 4 members (excludes halogenated alkanes) is 3. The zero-order chi connectivity index (χ0) is 17.1. The summed E-state index contributed by atoms with van der Waals surface area (Å²) >= 11 is 0. The smallest absolute Gasteiger partial charge is 0.322 e. The number of piperidine rings is 1. The van der Waals surface area contributed by atoms with E-state index >= 15 is 0 Å². The van der Waals surface area contributed by atoms with Crippen molar-refractivity contribution in [3.8, 4) is 0 Å². The van der Waals surface area contributed by atoms with Gasteiger partial charge in [-0.1, -0.05) is 52.4 Å². The molecule has 1 rings (SSSR count). The second kappa shape index (κ2) is 11.2. The summed E-state index contributed by atoms with van der Waals surface area (Å²) in [6, 6.07) is 0. The molecule has 7 heteroatoms. The summed E-state index contributed by atoms with van der Waals surface area (Å²) in [5.74, 6) is 1.25. The second-order valence-electron chi connectivity index (χ2n) is 6.77. The lowest BCUT2D eigenvalue weighted by Crippen LogP contribution is -2.40. The number of carbonyl (C=O) groups excluding carboxylic acids is 1. The molecule has 0 saturated carbocycles. The average molecular weight is 330 g/mol. The maximum atomic E-state index is 11.8. The molecular formula is C16H30N2O5. The van der Waals surface area contributed by atoms with E-state index in [-0.39, 0.29) is 5.91 Å². The first-order valence-electron chi connectivity index (χ1n) is 8.70. The first kappa shape index (κ1) is 19.7. The van der Waals surface area contributed by atoms with E-state index in [1.54, 1.807) is 4.90 Å². The fourth-order valence-electron chi connectivity index (χ4n) is 3.02. The van der Waals surface area contributed by atoms with E-state index in [1.807, 2.05) is 0 Å². The van der Waals surface area contributed by atoms with Gasteiger partial charge in [0.2, 0.25) is 0 Å². The largest absolute Gasteiger partial charge is 0.341 e. The Hall–Kier alpha value is -1.37. The fraction of sp³-hybridized carbons (Fsp3) is 0.938. The summed E-state index contributed by atoms with van der Waals surface area (Å²) in [5, 5.41) is 8.86. The lowest BCUT2D eigenvalue weighted by atomic mass is 9.91. The predicted octanol–water partition coefficient (Wildman–Crippen LogP) is 3.36. The van der Waals surface area contributed by atoms with Gasteiger partial charge in [-0.15, -0.1) is 15.1 Å². The Kier molecular flexibility index (Phi) is 9.59. The van der Waals surface area contributed by atoms with E-state index in [0.717, 1.165) is 18.8 Å². The van der Waals surface area contributed by atoms with Crippen molar-refractivity contribution in [2.45, 2.75) is 65.2 Å². The molecule has 1 saturated heterocycles. The van der Waals surface area contributed by atoms with Crippen molar-refractivity contribution in [2.75, 3.05) is 19.7 Å². The Labute approximate surface area is 138 Å². The third kappa shape index (κ3) is 9.38. The summed E-state index contributed by atoms with van der Waals surface area (Å²) in [7, 11) is 0. The van der Waals surface area contributed by atoms with Gasteiger partial charge in [0, 0.05) is 13.1 Å². The van der Waals surface area contributed by atoms with Crippen molar-refractivity contribution in [3.05, 3.63) is 10.1 Å². The van der Waals surface area contributed by atoms with Crippen LogP contribution in [-0.4, -0.2) is 35.6 Å². The van der Waals surface area contributed by atoms with Crippen LogP contribution in [0.15, 0.2) is 0 Å². The third-order valence-corrected chi connectivity index (χ3v) is 4.41. The van der Waals surface area contributed by atoms with Gasteiger partial charge in [-0.3, -0.25) is 4.79 Å². The van der Waals surface area contributed by atoms with Crippen LogP contribution in [0.4, 0.5) is 0 Å². The van der Waals surface area contributed by atoms with Gasteiger partial charge in [0.15, 0.2) is 6.61 Å². The lowest BCUT2D eigenvalue weighted by Gasteiger charge is -2.31. The van der Waals surface area contributed by atoms with Crippen molar-refractivity contribution in [3.63, 3.8) is 0 Å². The number of rotatable bonds is 11. The molecule has 1 aliphatic heterocycles. The minimum atomic E-state index is -1.07. The molecule has 0 spiro atoms. The first-order chi connectivity index (χ1) is 11.0. The van der Waals surface area contributed by atoms with Gasteiger partial charge < -0.3 is 4.90 Å². The van der Waals surface area contributed by atoms with Gasteiger partial charge in [0.1, 0.15) is 0 Å². The summed E-state index contributed by atoms with van der Waals surface area (Å²) in [6.07, 6.45) is 9.81. The molecule has 0 aromatic carbocycles.